The van der Waals surface area contributed by atoms with Crippen molar-refractivity contribution in [2.24, 2.45) is 0 Å². The van der Waals surface area contributed by atoms with Crippen molar-refractivity contribution in [2.75, 3.05) is 37.9 Å². The SMILES string of the molecule is CCSc1nc(NCCOC)c2cnn(CCNC(=O)C3CCC(=O)N3)c2n1. The van der Waals surface area contributed by atoms with Crippen molar-refractivity contribution in [3.63, 3.8) is 0 Å². The van der Waals surface area contributed by atoms with Crippen LogP contribution in [0.3, 0.4) is 0 Å². The number of aromatic nitrogens is 4. The van der Waals surface area contributed by atoms with E-state index in [0.29, 0.717) is 49.9 Å². The van der Waals surface area contributed by atoms with Gasteiger partial charge >= 0.3 is 0 Å². The Hall–Kier alpha value is -2.40. The molecule has 0 bridgehead atoms. The monoisotopic (exact) mass is 407 g/mol. The lowest BCUT2D eigenvalue weighted by Crippen LogP contribution is -2.42. The maximum atomic E-state index is 12.1. The minimum atomic E-state index is -0.437. The molecule has 1 unspecified atom stereocenters. The van der Waals surface area contributed by atoms with Gasteiger partial charge in [-0.3, -0.25) is 9.59 Å². The summed E-state index contributed by atoms with van der Waals surface area (Å²) in [5.41, 5.74) is 0.717. The van der Waals surface area contributed by atoms with Gasteiger partial charge in [0, 0.05) is 26.6 Å². The van der Waals surface area contributed by atoms with Gasteiger partial charge in [0.15, 0.2) is 10.8 Å². The standard InChI is InChI=1S/C17H25N7O3S/c1-3-28-17-22-14(18-7-9-27-2)11-10-20-24(15(11)23-17)8-6-19-16(26)12-4-5-13(25)21-12/h10,12H,3-9H2,1-2H3,(H,19,26)(H,21,25)(H,18,22,23). The zero-order valence-corrected chi connectivity index (χ0v) is 16.8. The smallest absolute Gasteiger partial charge is 0.242 e. The normalized spacial score (nSPS) is 16.4. The third-order valence-electron chi connectivity index (χ3n) is 4.28. The molecule has 28 heavy (non-hydrogen) atoms. The topological polar surface area (TPSA) is 123 Å². The number of nitrogens with one attached hydrogen (secondary N) is 3. The third-order valence-corrected chi connectivity index (χ3v) is 5.01. The van der Waals surface area contributed by atoms with Gasteiger partial charge in [-0.15, -0.1) is 0 Å². The number of rotatable bonds is 10. The van der Waals surface area contributed by atoms with Crippen LogP contribution in [0.25, 0.3) is 11.0 Å². The summed E-state index contributed by atoms with van der Waals surface area (Å²) in [5.74, 6) is 1.34. The molecule has 0 radical (unpaired) electrons. The molecule has 1 aliphatic heterocycles. The number of fused-ring (bicyclic) bond motifs is 1. The number of ether oxygens (including phenoxy) is 1. The second-order valence-corrected chi connectivity index (χ2v) is 7.49. The average Bonchev–Trinajstić information content (AvgIpc) is 3.29. The minimum Gasteiger partial charge on any atom is -0.383 e. The Morgan fingerprint density at radius 1 is 1.43 bits per heavy atom. The molecular weight excluding hydrogens is 382 g/mol. The van der Waals surface area contributed by atoms with E-state index in [4.69, 9.17) is 4.74 Å². The van der Waals surface area contributed by atoms with E-state index in [-0.39, 0.29) is 11.8 Å². The van der Waals surface area contributed by atoms with Gasteiger partial charge < -0.3 is 20.7 Å². The Morgan fingerprint density at radius 2 is 2.29 bits per heavy atom. The molecule has 3 N–H and O–H groups in total. The lowest BCUT2D eigenvalue weighted by atomic mass is 10.2. The zero-order valence-electron chi connectivity index (χ0n) is 16.0. The number of amides is 2. The maximum absolute atomic E-state index is 12.1. The van der Waals surface area contributed by atoms with E-state index in [1.54, 1.807) is 29.8 Å². The van der Waals surface area contributed by atoms with Crippen molar-refractivity contribution in [1.82, 2.24) is 30.4 Å². The molecule has 3 heterocycles. The summed E-state index contributed by atoms with van der Waals surface area (Å²) in [4.78, 5) is 32.5. The highest BCUT2D eigenvalue weighted by molar-refractivity contribution is 7.99. The van der Waals surface area contributed by atoms with Crippen LogP contribution < -0.4 is 16.0 Å². The van der Waals surface area contributed by atoms with E-state index in [2.05, 4.69) is 31.0 Å². The van der Waals surface area contributed by atoms with Gasteiger partial charge in [-0.1, -0.05) is 18.7 Å². The zero-order chi connectivity index (χ0) is 19.9. The fourth-order valence-corrected chi connectivity index (χ4v) is 3.48. The first kappa shape index (κ1) is 20.3. The summed E-state index contributed by atoms with van der Waals surface area (Å²) in [6.07, 6.45) is 2.66. The number of anilines is 1. The first-order valence-electron chi connectivity index (χ1n) is 9.28. The van der Waals surface area contributed by atoms with Crippen LogP contribution in [-0.2, 0) is 20.9 Å². The summed E-state index contributed by atoms with van der Waals surface area (Å²) in [7, 11) is 1.65. The summed E-state index contributed by atoms with van der Waals surface area (Å²) in [6, 6.07) is -0.437. The first-order valence-corrected chi connectivity index (χ1v) is 10.3. The van der Waals surface area contributed by atoms with Gasteiger partial charge in [-0.05, 0) is 12.2 Å². The van der Waals surface area contributed by atoms with Crippen LogP contribution >= 0.6 is 11.8 Å². The lowest BCUT2D eigenvalue weighted by molar-refractivity contribution is -0.125. The quantitative estimate of drug-likeness (QED) is 0.294. The van der Waals surface area contributed by atoms with Gasteiger partial charge in [0.25, 0.3) is 0 Å². The largest absolute Gasteiger partial charge is 0.383 e. The minimum absolute atomic E-state index is 0.0793. The van der Waals surface area contributed by atoms with E-state index in [0.717, 1.165) is 17.0 Å². The number of hydrogen-bond donors (Lipinski definition) is 3. The second kappa shape index (κ2) is 9.69. The fraction of sp³-hybridized carbons (Fsp3) is 0.588. The van der Waals surface area contributed by atoms with Crippen LogP contribution in [0.4, 0.5) is 5.82 Å². The molecule has 152 valence electrons. The molecular formula is C17H25N7O3S. The number of thioether (sulfide) groups is 1. The molecule has 2 amide bonds. The van der Waals surface area contributed by atoms with Gasteiger partial charge in [0.2, 0.25) is 11.8 Å². The van der Waals surface area contributed by atoms with E-state index in [1.165, 1.54) is 0 Å². The Kier molecular flexibility index (Phi) is 7.04. The summed E-state index contributed by atoms with van der Waals surface area (Å²) in [6.45, 7) is 4.12. The second-order valence-electron chi connectivity index (χ2n) is 6.26. The lowest BCUT2D eigenvalue weighted by Gasteiger charge is -2.11. The van der Waals surface area contributed by atoms with Crippen LogP contribution in [-0.4, -0.2) is 70.2 Å². The van der Waals surface area contributed by atoms with Crippen LogP contribution in [0.2, 0.25) is 0 Å². The summed E-state index contributed by atoms with van der Waals surface area (Å²) >= 11 is 1.56. The Bertz CT molecular complexity index is 842. The molecule has 2 aromatic heterocycles. The van der Waals surface area contributed by atoms with Gasteiger partial charge in [0.05, 0.1) is 24.7 Å². The van der Waals surface area contributed by atoms with E-state index in [1.807, 2.05) is 6.92 Å². The fourth-order valence-electron chi connectivity index (χ4n) is 2.92. The van der Waals surface area contributed by atoms with E-state index >= 15 is 0 Å². The first-order chi connectivity index (χ1) is 13.6. The molecule has 1 fully saturated rings. The molecule has 1 aliphatic rings. The Morgan fingerprint density at radius 3 is 3.00 bits per heavy atom. The van der Waals surface area contributed by atoms with Crippen molar-refractivity contribution in [3.8, 4) is 0 Å². The van der Waals surface area contributed by atoms with E-state index < -0.39 is 6.04 Å². The maximum Gasteiger partial charge on any atom is 0.242 e. The van der Waals surface area contributed by atoms with Crippen molar-refractivity contribution >= 4 is 40.4 Å². The van der Waals surface area contributed by atoms with Crippen LogP contribution in [0.1, 0.15) is 19.8 Å². The molecule has 1 atom stereocenters. The van der Waals surface area contributed by atoms with Gasteiger partial charge in [-0.25, -0.2) is 14.6 Å². The summed E-state index contributed by atoms with van der Waals surface area (Å²) in [5, 5.41) is 14.7. The number of carbonyl (C=O) groups excluding carboxylic acids is 2. The highest BCUT2D eigenvalue weighted by Gasteiger charge is 2.26. The molecule has 10 nitrogen and oxygen atoms in total. The predicted molar refractivity (Wildman–Crippen MR) is 106 cm³/mol. The van der Waals surface area contributed by atoms with E-state index in [9.17, 15) is 9.59 Å². The molecule has 1 saturated heterocycles. The average molecular weight is 408 g/mol. The van der Waals surface area contributed by atoms with Crippen LogP contribution in [0.5, 0.6) is 0 Å². The Balaban J connectivity index is 1.68. The Labute approximate surface area is 167 Å². The predicted octanol–water partition coefficient (Wildman–Crippen LogP) is 0.391. The molecule has 0 aromatic carbocycles. The number of hydrogen-bond acceptors (Lipinski definition) is 8. The molecule has 0 saturated carbocycles. The third kappa shape index (κ3) is 4.90. The molecule has 3 rings (SSSR count). The van der Waals surface area contributed by atoms with Crippen LogP contribution in [0.15, 0.2) is 11.4 Å². The van der Waals surface area contributed by atoms with Crippen molar-refractivity contribution in [1.29, 1.82) is 0 Å². The van der Waals surface area contributed by atoms with Crippen LogP contribution in [0, 0.1) is 0 Å². The van der Waals surface area contributed by atoms with Gasteiger partial charge in [-0.2, -0.15) is 5.10 Å². The number of methoxy groups -OCH3 is 1. The number of nitrogens with zero attached hydrogens (tertiary/aromatic N) is 4. The van der Waals surface area contributed by atoms with Crippen molar-refractivity contribution < 1.29 is 14.3 Å². The molecule has 0 spiro atoms. The number of carbonyl (C=O) groups is 2. The molecule has 2 aromatic rings. The van der Waals surface area contributed by atoms with Crippen molar-refractivity contribution in [3.05, 3.63) is 6.20 Å². The highest BCUT2D eigenvalue weighted by atomic mass is 32.2. The summed E-state index contributed by atoms with van der Waals surface area (Å²) < 4.78 is 6.84. The highest BCUT2D eigenvalue weighted by Crippen LogP contribution is 2.24. The molecule has 0 aliphatic carbocycles. The van der Waals surface area contributed by atoms with Crippen molar-refractivity contribution in [2.45, 2.75) is 37.5 Å². The van der Waals surface area contributed by atoms with Gasteiger partial charge in [0.1, 0.15) is 11.9 Å². The molecule has 11 heteroatoms.